The van der Waals surface area contributed by atoms with Crippen molar-refractivity contribution in [1.29, 1.82) is 0 Å². The van der Waals surface area contributed by atoms with Gasteiger partial charge in [-0.15, -0.1) is 0 Å². The summed E-state index contributed by atoms with van der Waals surface area (Å²) in [6, 6.07) is 3.48. The largest absolute Gasteiger partial charge is 0.309 e. The van der Waals surface area contributed by atoms with Crippen LogP contribution in [0.3, 0.4) is 0 Å². The summed E-state index contributed by atoms with van der Waals surface area (Å²) in [7, 11) is 0. The van der Waals surface area contributed by atoms with Crippen LogP contribution in [0.15, 0.2) is 18.3 Å². The molecule has 0 spiro atoms. The summed E-state index contributed by atoms with van der Waals surface area (Å²) in [5, 5.41) is 3.29. The lowest BCUT2D eigenvalue weighted by molar-refractivity contribution is -0.120. The van der Waals surface area contributed by atoms with Crippen molar-refractivity contribution in [3.05, 3.63) is 23.4 Å². The minimum absolute atomic E-state index is 0.0558. The number of nitrogens with zero attached hydrogens (tertiary/aromatic N) is 1. The highest BCUT2D eigenvalue weighted by Crippen LogP contribution is 2.26. The summed E-state index contributed by atoms with van der Waals surface area (Å²) < 4.78 is 0. The third-order valence-electron chi connectivity index (χ3n) is 2.98. The van der Waals surface area contributed by atoms with Crippen LogP contribution in [-0.2, 0) is 4.79 Å². The maximum atomic E-state index is 11.9. The van der Waals surface area contributed by atoms with Crippen molar-refractivity contribution in [3.8, 4) is 0 Å². The van der Waals surface area contributed by atoms with E-state index in [-0.39, 0.29) is 11.8 Å². The topological polar surface area (TPSA) is 42.0 Å². The second-order valence-electron chi connectivity index (χ2n) is 4.16. The highest BCUT2D eigenvalue weighted by atomic mass is 35.5. The normalized spacial score (nSPS) is 17.1. The molecule has 0 atom stereocenters. The van der Waals surface area contributed by atoms with E-state index in [4.69, 9.17) is 11.6 Å². The predicted molar refractivity (Wildman–Crippen MR) is 64.5 cm³/mol. The fourth-order valence-electron chi connectivity index (χ4n) is 2.06. The number of halogens is 1. The zero-order chi connectivity index (χ0) is 11.4. The van der Waals surface area contributed by atoms with Crippen molar-refractivity contribution in [2.75, 3.05) is 5.32 Å². The molecule has 86 valence electrons. The van der Waals surface area contributed by atoms with Gasteiger partial charge in [0.15, 0.2) is 5.82 Å². The molecule has 1 aromatic rings. The molecule has 1 aliphatic carbocycles. The molecule has 1 N–H and O–H groups in total. The van der Waals surface area contributed by atoms with Crippen molar-refractivity contribution in [3.63, 3.8) is 0 Å². The maximum Gasteiger partial charge on any atom is 0.228 e. The molecule has 2 rings (SSSR count). The summed E-state index contributed by atoms with van der Waals surface area (Å²) >= 11 is 5.93. The number of anilines is 1. The molecule has 16 heavy (non-hydrogen) atoms. The summed E-state index contributed by atoms with van der Waals surface area (Å²) in [4.78, 5) is 16.0. The van der Waals surface area contributed by atoms with Crippen LogP contribution >= 0.6 is 11.6 Å². The number of hydrogen-bond acceptors (Lipinski definition) is 2. The van der Waals surface area contributed by atoms with E-state index < -0.39 is 0 Å². The number of carbonyl (C=O) groups excluding carboxylic acids is 1. The van der Waals surface area contributed by atoms with Gasteiger partial charge in [-0.05, 0) is 25.0 Å². The predicted octanol–water partition coefficient (Wildman–Crippen LogP) is 3.25. The molecular weight excluding hydrogens is 224 g/mol. The average molecular weight is 239 g/mol. The number of carbonyl (C=O) groups is 1. The molecule has 4 heteroatoms. The number of hydrogen-bond donors (Lipinski definition) is 1. The Morgan fingerprint density at radius 2 is 2.12 bits per heavy atom. The van der Waals surface area contributed by atoms with E-state index in [9.17, 15) is 4.79 Å². The van der Waals surface area contributed by atoms with Crippen LogP contribution in [0, 0.1) is 5.92 Å². The van der Waals surface area contributed by atoms with Gasteiger partial charge in [0.2, 0.25) is 5.91 Å². The van der Waals surface area contributed by atoms with Crippen LogP contribution in [0.1, 0.15) is 32.1 Å². The molecule has 1 saturated carbocycles. The first-order valence-electron chi connectivity index (χ1n) is 5.69. The quantitative estimate of drug-likeness (QED) is 0.859. The number of nitrogens with one attached hydrogen (secondary N) is 1. The average Bonchev–Trinajstić information content (AvgIpc) is 2.33. The van der Waals surface area contributed by atoms with Crippen LogP contribution in [0.2, 0.25) is 5.02 Å². The first-order valence-corrected chi connectivity index (χ1v) is 6.06. The van der Waals surface area contributed by atoms with Gasteiger partial charge in [-0.1, -0.05) is 30.9 Å². The van der Waals surface area contributed by atoms with E-state index in [1.54, 1.807) is 18.3 Å². The van der Waals surface area contributed by atoms with Gasteiger partial charge in [0.05, 0.1) is 5.02 Å². The smallest absolute Gasteiger partial charge is 0.228 e. The second kappa shape index (κ2) is 5.30. The van der Waals surface area contributed by atoms with Crippen LogP contribution in [0.5, 0.6) is 0 Å². The number of amides is 1. The lowest BCUT2D eigenvalue weighted by Gasteiger charge is -2.20. The Morgan fingerprint density at radius 1 is 1.38 bits per heavy atom. The molecule has 0 aromatic carbocycles. The summed E-state index contributed by atoms with van der Waals surface area (Å²) in [6.07, 6.45) is 7.13. The monoisotopic (exact) mass is 238 g/mol. The molecule has 1 aromatic heterocycles. The fourth-order valence-corrected chi connectivity index (χ4v) is 2.23. The van der Waals surface area contributed by atoms with Gasteiger partial charge in [-0.3, -0.25) is 4.79 Å². The third kappa shape index (κ3) is 2.73. The summed E-state index contributed by atoms with van der Waals surface area (Å²) in [5.74, 6) is 0.659. The minimum Gasteiger partial charge on any atom is -0.309 e. The molecule has 0 aliphatic heterocycles. The van der Waals surface area contributed by atoms with Gasteiger partial charge in [-0.25, -0.2) is 4.98 Å². The molecule has 1 heterocycles. The Hall–Kier alpha value is -1.09. The second-order valence-corrected chi connectivity index (χ2v) is 4.57. The molecule has 0 radical (unpaired) electrons. The van der Waals surface area contributed by atoms with E-state index in [1.165, 1.54) is 6.42 Å². The first kappa shape index (κ1) is 11.4. The number of pyridine rings is 1. The van der Waals surface area contributed by atoms with Crippen molar-refractivity contribution in [1.82, 2.24) is 4.98 Å². The standard InChI is InChI=1S/C12H15ClN2O/c13-10-7-4-8-14-11(10)15-12(16)9-5-2-1-3-6-9/h4,7-9H,1-3,5-6H2,(H,14,15,16). The summed E-state index contributed by atoms with van der Waals surface area (Å²) in [6.45, 7) is 0. The third-order valence-corrected chi connectivity index (χ3v) is 3.28. The molecule has 1 aliphatic rings. The first-order chi connectivity index (χ1) is 7.77. The molecule has 0 saturated heterocycles. The van der Waals surface area contributed by atoms with E-state index in [0.717, 1.165) is 25.7 Å². The van der Waals surface area contributed by atoms with Gasteiger partial charge >= 0.3 is 0 Å². The molecule has 1 amide bonds. The van der Waals surface area contributed by atoms with Crippen LogP contribution in [-0.4, -0.2) is 10.9 Å². The SMILES string of the molecule is O=C(Nc1ncccc1Cl)C1CCCCC1. The zero-order valence-electron chi connectivity index (χ0n) is 9.08. The molecule has 0 bridgehead atoms. The van der Waals surface area contributed by atoms with Crippen molar-refractivity contribution < 1.29 is 4.79 Å². The van der Waals surface area contributed by atoms with Crippen molar-refractivity contribution in [2.24, 2.45) is 5.92 Å². The number of rotatable bonds is 2. The Balaban J connectivity index is 1.99. The van der Waals surface area contributed by atoms with Gasteiger partial charge in [0.25, 0.3) is 0 Å². The van der Waals surface area contributed by atoms with E-state index in [2.05, 4.69) is 10.3 Å². The Labute approximate surface area is 100 Å². The number of aromatic nitrogens is 1. The van der Waals surface area contributed by atoms with Crippen LogP contribution < -0.4 is 5.32 Å². The zero-order valence-corrected chi connectivity index (χ0v) is 9.83. The van der Waals surface area contributed by atoms with E-state index in [0.29, 0.717) is 10.8 Å². The van der Waals surface area contributed by atoms with Gasteiger partial charge in [0, 0.05) is 12.1 Å². The summed E-state index contributed by atoms with van der Waals surface area (Å²) in [5.41, 5.74) is 0. The van der Waals surface area contributed by atoms with Crippen molar-refractivity contribution >= 4 is 23.3 Å². The lowest BCUT2D eigenvalue weighted by Crippen LogP contribution is -2.25. The Kier molecular flexibility index (Phi) is 3.78. The lowest BCUT2D eigenvalue weighted by atomic mass is 9.89. The molecular formula is C12H15ClN2O. The highest BCUT2D eigenvalue weighted by Gasteiger charge is 2.21. The molecule has 3 nitrogen and oxygen atoms in total. The van der Waals surface area contributed by atoms with Gasteiger partial charge in [-0.2, -0.15) is 0 Å². The highest BCUT2D eigenvalue weighted by molar-refractivity contribution is 6.33. The molecule has 1 fully saturated rings. The minimum atomic E-state index is 0.0558. The van der Waals surface area contributed by atoms with E-state index >= 15 is 0 Å². The van der Waals surface area contributed by atoms with Crippen molar-refractivity contribution in [2.45, 2.75) is 32.1 Å². The van der Waals surface area contributed by atoms with Gasteiger partial charge < -0.3 is 5.32 Å². The maximum absolute atomic E-state index is 11.9. The van der Waals surface area contributed by atoms with Crippen LogP contribution in [0.4, 0.5) is 5.82 Å². The Bertz CT molecular complexity index is 375. The fraction of sp³-hybridized carbons (Fsp3) is 0.500. The Morgan fingerprint density at radius 3 is 2.81 bits per heavy atom. The van der Waals surface area contributed by atoms with Crippen LogP contribution in [0.25, 0.3) is 0 Å². The van der Waals surface area contributed by atoms with E-state index in [1.807, 2.05) is 0 Å². The molecule has 0 unspecified atom stereocenters. The van der Waals surface area contributed by atoms with Gasteiger partial charge in [0.1, 0.15) is 0 Å².